The summed E-state index contributed by atoms with van der Waals surface area (Å²) in [4.78, 5) is 23.1. The molecule has 4 fully saturated rings. The van der Waals surface area contributed by atoms with Crippen LogP contribution in [-0.4, -0.2) is 73.2 Å². The van der Waals surface area contributed by atoms with Gasteiger partial charge in [-0.15, -0.1) is 0 Å². The minimum absolute atomic E-state index is 0.335. The molecule has 1 aliphatic carbocycles. The summed E-state index contributed by atoms with van der Waals surface area (Å²) in [5, 5.41) is 1.97. The zero-order chi connectivity index (χ0) is 18.5. The van der Waals surface area contributed by atoms with E-state index in [1.165, 1.54) is 77.4 Å². The van der Waals surface area contributed by atoms with Gasteiger partial charge in [-0.05, 0) is 51.1 Å². The van der Waals surface area contributed by atoms with E-state index in [-0.39, 0.29) is 0 Å². The largest absolute Gasteiger partial charge is 0.342 e. The summed E-state index contributed by atoms with van der Waals surface area (Å²) in [6, 6.07) is 0. The number of rotatable bonds is 6. The number of carbonyl (C=O) groups excluding carboxylic acids is 1. The highest BCUT2D eigenvalue weighted by Gasteiger charge is 2.42. The Morgan fingerprint density at radius 1 is 0.926 bits per heavy atom. The van der Waals surface area contributed by atoms with Gasteiger partial charge in [0.2, 0.25) is 5.91 Å². The van der Waals surface area contributed by atoms with Crippen LogP contribution < -0.4 is 0 Å². The molecule has 5 nitrogen and oxygen atoms in total. The Balaban J connectivity index is 1.21. The van der Waals surface area contributed by atoms with Crippen molar-refractivity contribution in [2.45, 2.75) is 70.6 Å². The minimum atomic E-state index is 0.335. The van der Waals surface area contributed by atoms with Crippen molar-refractivity contribution in [3.05, 3.63) is 0 Å². The fourth-order valence-corrected chi connectivity index (χ4v) is 5.88. The molecule has 1 saturated carbocycles. The molecule has 3 saturated heterocycles. The average molecular weight is 378 g/mol. The number of carbonyl (C=O) groups is 1. The van der Waals surface area contributed by atoms with E-state index in [2.05, 4.69) is 9.80 Å². The van der Waals surface area contributed by atoms with Crippen molar-refractivity contribution in [2.24, 2.45) is 11.3 Å². The van der Waals surface area contributed by atoms with Gasteiger partial charge < -0.3 is 9.80 Å². The van der Waals surface area contributed by atoms with Gasteiger partial charge in [0.1, 0.15) is 0 Å². The van der Waals surface area contributed by atoms with Crippen molar-refractivity contribution < 1.29 is 9.63 Å². The van der Waals surface area contributed by atoms with E-state index < -0.39 is 0 Å². The number of piperidine rings is 1. The molecule has 0 radical (unpaired) electrons. The number of hydroxylamine groups is 2. The van der Waals surface area contributed by atoms with Crippen molar-refractivity contribution in [3.63, 3.8) is 0 Å². The Morgan fingerprint density at radius 2 is 1.81 bits per heavy atom. The van der Waals surface area contributed by atoms with E-state index in [0.29, 0.717) is 17.7 Å². The molecule has 0 unspecified atom stereocenters. The van der Waals surface area contributed by atoms with Crippen molar-refractivity contribution in [1.82, 2.24) is 14.9 Å². The molecule has 1 atom stereocenters. The summed E-state index contributed by atoms with van der Waals surface area (Å²) in [5.74, 6) is 1.31. The van der Waals surface area contributed by atoms with Crippen LogP contribution in [0.3, 0.4) is 0 Å². The lowest BCUT2D eigenvalue weighted by Crippen LogP contribution is -2.46. The molecular formula is C22H39N3O2. The van der Waals surface area contributed by atoms with E-state index >= 15 is 0 Å². The van der Waals surface area contributed by atoms with Crippen molar-refractivity contribution in [3.8, 4) is 0 Å². The van der Waals surface area contributed by atoms with E-state index in [0.717, 1.165) is 45.1 Å². The number of hydrogen-bond donors (Lipinski definition) is 0. The summed E-state index contributed by atoms with van der Waals surface area (Å²) in [6.07, 6.45) is 14.2. The lowest BCUT2D eigenvalue weighted by atomic mass is 9.79. The maximum absolute atomic E-state index is 12.7. The molecule has 0 N–H and O–H groups in total. The molecule has 3 aliphatic heterocycles. The molecule has 0 aromatic rings. The number of likely N-dealkylation sites (tertiary alicyclic amines) is 2. The molecule has 1 amide bonds. The second kappa shape index (κ2) is 9.23. The van der Waals surface area contributed by atoms with Crippen molar-refractivity contribution >= 4 is 5.91 Å². The first-order valence-corrected chi connectivity index (χ1v) is 11.6. The zero-order valence-corrected chi connectivity index (χ0v) is 17.2. The van der Waals surface area contributed by atoms with E-state index in [9.17, 15) is 4.79 Å². The van der Waals surface area contributed by atoms with Crippen LogP contribution in [0.25, 0.3) is 0 Å². The fraction of sp³-hybridized carbons (Fsp3) is 0.955. The quantitative estimate of drug-likeness (QED) is 0.712. The third kappa shape index (κ3) is 5.24. The lowest BCUT2D eigenvalue weighted by Gasteiger charge is -2.41. The van der Waals surface area contributed by atoms with Crippen molar-refractivity contribution in [2.75, 3.05) is 52.4 Å². The van der Waals surface area contributed by atoms with Crippen LogP contribution in [0.15, 0.2) is 0 Å². The SMILES string of the molecule is O=C(CCN1CCCO1)N1CC[C@@]2(CCCN(CCC3CCCCC3)C2)C1. The van der Waals surface area contributed by atoms with E-state index in [1.54, 1.807) is 0 Å². The first-order valence-electron chi connectivity index (χ1n) is 11.6. The van der Waals surface area contributed by atoms with Crippen LogP contribution in [0, 0.1) is 11.3 Å². The molecule has 4 rings (SSSR count). The fourth-order valence-electron chi connectivity index (χ4n) is 5.88. The van der Waals surface area contributed by atoms with Crippen LogP contribution >= 0.6 is 0 Å². The highest BCUT2D eigenvalue weighted by Crippen LogP contribution is 2.39. The van der Waals surface area contributed by atoms with Crippen molar-refractivity contribution in [1.29, 1.82) is 0 Å². The monoisotopic (exact) mass is 377 g/mol. The Kier molecular flexibility index (Phi) is 6.72. The third-order valence-corrected chi connectivity index (χ3v) is 7.51. The van der Waals surface area contributed by atoms with Crippen LogP contribution in [0.1, 0.15) is 70.6 Å². The normalized spacial score (nSPS) is 31.2. The summed E-state index contributed by atoms with van der Waals surface area (Å²) in [5.41, 5.74) is 0.380. The standard InChI is InChI=1S/C22H39N3O2/c26-21(9-15-25-13-5-17-27-25)24-16-11-22(19-24)10-4-12-23(18-22)14-8-20-6-2-1-3-7-20/h20H,1-19H2/t22-/m1/s1. The molecule has 1 spiro atoms. The second-order valence-corrected chi connectivity index (χ2v) is 9.60. The van der Waals surface area contributed by atoms with Gasteiger partial charge in [0, 0.05) is 44.6 Å². The maximum Gasteiger partial charge on any atom is 0.223 e. The first-order chi connectivity index (χ1) is 13.2. The van der Waals surface area contributed by atoms with E-state index in [4.69, 9.17) is 4.84 Å². The van der Waals surface area contributed by atoms with Gasteiger partial charge in [0.25, 0.3) is 0 Å². The topological polar surface area (TPSA) is 36.0 Å². The van der Waals surface area contributed by atoms with Gasteiger partial charge in [-0.1, -0.05) is 32.1 Å². The molecule has 4 aliphatic rings. The predicted molar refractivity (Wildman–Crippen MR) is 107 cm³/mol. The average Bonchev–Trinajstić information content (AvgIpc) is 3.36. The number of hydrogen-bond acceptors (Lipinski definition) is 4. The Hall–Kier alpha value is -0.650. The molecular weight excluding hydrogens is 338 g/mol. The van der Waals surface area contributed by atoms with Crippen LogP contribution in [0.2, 0.25) is 0 Å². The molecule has 0 bridgehead atoms. The molecule has 154 valence electrons. The Morgan fingerprint density at radius 3 is 2.63 bits per heavy atom. The Bertz CT molecular complexity index is 488. The summed E-state index contributed by atoms with van der Waals surface area (Å²) in [7, 11) is 0. The number of amides is 1. The summed E-state index contributed by atoms with van der Waals surface area (Å²) >= 11 is 0. The van der Waals surface area contributed by atoms with Gasteiger partial charge in [0.05, 0.1) is 6.61 Å². The lowest BCUT2D eigenvalue weighted by molar-refractivity contribution is -0.138. The maximum atomic E-state index is 12.7. The molecule has 0 aromatic heterocycles. The van der Waals surface area contributed by atoms with Gasteiger partial charge in [-0.2, -0.15) is 5.06 Å². The Labute approximate surface area is 165 Å². The van der Waals surface area contributed by atoms with Gasteiger partial charge >= 0.3 is 0 Å². The highest BCUT2D eigenvalue weighted by molar-refractivity contribution is 5.76. The smallest absolute Gasteiger partial charge is 0.223 e. The first kappa shape index (κ1) is 19.7. The second-order valence-electron chi connectivity index (χ2n) is 9.60. The molecule has 0 aromatic carbocycles. The molecule has 27 heavy (non-hydrogen) atoms. The van der Waals surface area contributed by atoms with Gasteiger partial charge in [0.15, 0.2) is 0 Å². The van der Waals surface area contributed by atoms with Crippen LogP contribution in [0.4, 0.5) is 0 Å². The third-order valence-electron chi connectivity index (χ3n) is 7.51. The highest BCUT2D eigenvalue weighted by atomic mass is 16.7. The van der Waals surface area contributed by atoms with E-state index in [1.807, 2.05) is 5.06 Å². The summed E-state index contributed by atoms with van der Waals surface area (Å²) < 4.78 is 0. The molecule has 5 heteroatoms. The number of nitrogens with zero attached hydrogens (tertiary/aromatic N) is 3. The summed E-state index contributed by atoms with van der Waals surface area (Å²) in [6.45, 7) is 8.30. The zero-order valence-electron chi connectivity index (χ0n) is 17.2. The van der Waals surface area contributed by atoms with Crippen LogP contribution in [-0.2, 0) is 9.63 Å². The van der Waals surface area contributed by atoms with Gasteiger partial charge in [-0.3, -0.25) is 9.63 Å². The minimum Gasteiger partial charge on any atom is -0.342 e. The van der Waals surface area contributed by atoms with Gasteiger partial charge in [-0.25, -0.2) is 0 Å². The van der Waals surface area contributed by atoms with Crippen LogP contribution in [0.5, 0.6) is 0 Å². The molecule has 3 heterocycles. The predicted octanol–water partition coefficient (Wildman–Crippen LogP) is 3.30.